The summed E-state index contributed by atoms with van der Waals surface area (Å²) in [6, 6.07) is 7.91. The molecule has 1 aliphatic rings. The Morgan fingerprint density at radius 2 is 1.83 bits per heavy atom. The Bertz CT molecular complexity index is 1080. The second-order valence-corrected chi connectivity index (χ2v) is 10.2. The molecule has 0 aliphatic carbocycles. The van der Waals surface area contributed by atoms with E-state index >= 15 is 0 Å². The van der Waals surface area contributed by atoms with Gasteiger partial charge in [0, 0.05) is 13.1 Å². The van der Waals surface area contributed by atoms with Crippen molar-refractivity contribution in [2.45, 2.75) is 24.7 Å². The van der Waals surface area contributed by atoms with Gasteiger partial charge in [0.15, 0.2) is 0 Å². The molecule has 1 amide bonds. The van der Waals surface area contributed by atoms with Crippen LogP contribution in [0.25, 0.3) is 0 Å². The van der Waals surface area contributed by atoms with Gasteiger partial charge in [-0.05, 0) is 49.6 Å². The summed E-state index contributed by atoms with van der Waals surface area (Å²) in [5.41, 5.74) is 1.13. The molecule has 30 heavy (non-hydrogen) atoms. The zero-order valence-corrected chi connectivity index (χ0v) is 19.5. The predicted molar refractivity (Wildman–Crippen MR) is 119 cm³/mol. The lowest BCUT2D eigenvalue weighted by Crippen LogP contribution is -2.43. The molecular formula is C20H21Cl3N2O4S. The van der Waals surface area contributed by atoms with E-state index in [9.17, 15) is 13.2 Å². The number of carbonyl (C=O) groups is 1. The van der Waals surface area contributed by atoms with E-state index in [2.05, 4.69) is 5.32 Å². The van der Waals surface area contributed by atoms with Gasteiger partial charge in [-0.1, -0.05) is 40.9 Å². The van der Waals surface area contributed by atoms with Gasteiger partial charge in [0.1, 0.15) is 10.6 Å². The Hall–Kier alpha value is -1.51. The molecule has 2 aromatic carbocycles. The van der Waals surface area contributed by atoms with Crippen molar-refractivity contribution in [1.82, 2.24) is 4.31 Å². The molecule has 1 heterocycles. The third-order valence-electron chi connectivity index (χ3n) is 4.96. The van der Waals surface area contributed by atoms with E-state index in [1.54, 1.807) is 18.2 Å². The lowest BCUT2D eigenvalue weighted by Gasteiger charge is -2.31. The SMILES string of the molecule is COc1ccc(C)cc1S(=O)(=O)N1CCCC(C(=O)Nc2cc(Cl)c(Cl)cc2Cl)C1. The first-order valence-corrected chi connectivity index (χ1v) is 11.8. The van der Waals surface area contributed by atoms with Crippen molar-refractivity contribution in [2.24, 2.45) is 5.92 Å². The Labute approximate surface area is 191 Å². The van der Waals surface area contributed by atoms with Gasteiger partial charge in [0.05, 0.1) is 33.8 Å². The minimum atomic E-state index is -3.82. The number of ether oxygens (including phenoxy) is 1. The zero-order valence-electron chi connectivity index (χ0n) is 16.4. The van der Waals surface area contributed by atoms with Gasteiger partial charge in [0.2, 0.25) is 15.9 Å². The number of anilines is 1. The summed E-state index contributed by atoms with van der Waals surface area (Å²) < 4.78 is 33.1. The van der Waals surface area contributed by atoms with Gasteiger partial charge in [-0.15, -0.1) is 0 Å². The van der Waals surface area contributed by atoms with Crippen molar-refractivity contribution in [3.8, 4) is 5.75 Å². The van der Waals surface area contributed by atoms with E-state index in [-0.39, 0.29) is 38.2 Å². The lowest BCUT2D eigenvalue weighted by molar-refractivity contribution is -0.120. The minimum absolute atomic E-state index is 0.0597. The number of hydrogen-bond acceptors (Lipinski definition) is 4. The second kappa shape index (κ2) is 9.32. The summed E-state index contributed by atoms with van der Waals surface area (Å²) in [5, 5.41) is 3.52. The summed E-state index contributed by atoms with van der Waals surface area (Å²) in [5.74, 6) is -0.587. The normalized spacial score (nSPS) is 17.6. The Kier molecular flexibility index (Phi) is 7.20. The van der Waals surface area contributed by atoms with Crippen LogP contribution < -0.4 is 10.1 Å². The molecule has 0 bridgehead atoms. The van der Waals surface area contributed by atoms with E-state index in [1.165, 1.54) is 23.5 Å². The first kappa shape index (κ1) is 23.2. The third-order valence-corrected chi connectivity index (χ3v) is 7.88. The van der Waals surface area contributed by atoms with Crippen LogP contribution in [0.3, 0.4) is 0 Å². The van der Waals surface area contributed by atoms with Crippen LogP contribution in [0.15, 0.2) is 35.2 Å². The third kappa shape index (κ3) is 4.86. The van der Waals surface area contributed by atoms with Gasteiger partial charge < -0.3 is 10.1 Å². The molecule has 2 aromatic rings. The predicted octanol–water partition coefficient (Wildman–Crippen LogP) is 5.00. The molecule has 0 aromatic heterocycles. The van der Waals surface area contributed by atoms with E-state index in [1.807, 2.05) is 6.92 Å². The first-order chi connectivity index (χ1) is 14.1. The molecule has 10 heteroatoms. The number of benzene rings is 2. The highest BCUT2D eigenvalue weighted by atomic mass is 35.5. The van der Waals surface area contributed by atoms with Gasteiger partial charge in [-0.25, -0.2) is 8.42 Å². The maximum Gasteiger partial charge on any atom is 0.246 e. The number of methoxy groups -OCH3 is 1. The van der Waals surface area contributed by atoms with Crippen molar-refractivity contribution >= 4 is 56.4 Å². The number of sulfonamides is 1. The number of piperidine rings is 1. The fourth-order valence-corrected chi connectivity index (χ4v) is 5.71. The fraction of sp³-hybridized carbons (Fsp3) is 0.350. The Balaban J connectivity index is 1.81. The Morgan fingerprint density at radius 1 is 1.13 bits per heavy atom. The smallest absolute Gasteiger partial charge is 0.246 e. The standard InChI is InChI=1S/C20H21Cl3N2O4S/c1-12-5-6-18(29-2)19(8-12)30(27,28)25-7-3-4-13(11-25)20(26)24-17-10-15(22)14(21)9-16(17)23/h5-6,8-10,13H,3-4,7,11H2,1-2H3,(H,24,26). The number of nitrogens with zero attached hydrogens (tertiary/aromatic N) is 1. The minimum Gasteiger partial charge on any atom is -0.495 e. The molecule has 0 saturated carbocycles. The van der Waals surface area contributed by atoms with Crippen LogP contribution in [0.4, 0.5) is 5.69 Å². The van der Waals surface area contributed by atoms with E-state index in [4.69, 9.17) is 39.5 Å². The van der Waals surface area contributed by atoms with Gasteiger partial charge in [0.25, 0.3) is 0 Å². The van der Waals surface area contributed by atoms with Crippen LogP contribution in [0.1, 0.15) is 18.4 Å². The molecule has 0 spiro atoms. The second-order valence-electron chi connectivity index (χ2n) is 7.09. The van der Waals surface area contributed by atoms with Crippen molar-refractivity contribution in [3.63, 3.8) is 0 Å². The highest BCUT2D eigenvalue weighted by molar-refractivity contribution is 7.89. The molecule has 0 radical (unpaired) electrons. The van der Waals surface area contributed by atoms with E-state index in [0.29, 0.717) is 25.1 Å². The molecule has 1 unspecified atom stereocenters. The summed E-state index contributed by atoms with van der Waals surface area (Å²) >= 11 is 18.1. The molecule has 1 saturated heterocycles. The largest absolute Gasteiger partial charge is 0.495 e. The highest BCUT2D eigenvalue weighted by Gasteiger charge is 2.35. The molecule has 1 aliphatic heterocycles. The van der Waals surface area contributed by atoms with Crippen LogP contribution >= 0.6 is 34.8 Å². The summed E-state index contributed by atoms with van der Waals surface area (Å²) in [6.07, 6.45) is 1.11. The molecular weight excluding hydrogens is 471 g/mol. The zero-order chi connectivity index (χ0) is 22.1. The lowest BCUT2D eigenvalue weighted by atomic mass is 9.98. The van der Waals surface area contributed by atoms with Crippen LogP contribution in [0, 0.1) is 12.8 Å². The summed E-state index contributed by atoms with van der Waals surface area (Å²) in [7, 11) is -2.40. The molecule has 162 valence electrons. The highest BCUT2D eigenvalue weighted by Crippen LogP contribution is 2.34. The first-order valence-electron chi connectivity index (χ1n) is 9.23. The fourth-order valence-electron chi connectivity index (χ4n) is 3.35. The Morgan fingerprint density at radius 3 is 2.53 bits per heavy atom. The molecule has 1 fully saturated rings. The van der Waals surface area contributed by atoms with E-state index in [0.717, 1.165) is 5.56 Å². The number of amides is 1. The topological polar surface area (TPSA) is 75.7 Å². The number of rotatable bonds is 5. The molecule has 6 nitrogen and oxygen atoms in total. The molecule has 1 atom stereocenters. The van der Waals surface area contributed by atoms with Crippen LogP contribution in [0.5, 0.6) is 5.75 Å². The van der Waals surface area contributed by atoms with Crippen LogP contribution in [0.2, 0.25) is 15.1 Å². The number of hydrogen-bond donors (Lipinski definition) is 1. The maximum absolute atomic E-state index is 13.2. The maximum atomic E-state index is 13.2. The van der Waals surface area contributed by atoms with Crippen molar-refractivity contribution in [2.75, 3.05) is 25.5 Å². The van der Waals surface area contributed by atoms with Gasteiger partial charge >= 0.3 is 0 Å². The monoisotopic (exact) mass is 490 g/mol. The molecule has 3 rings (SSSR count). The molecule has 1 N–H and O–H groups in total. The van der Waals surface area contributed by atoms with Crippen LogP contribution in [-0.4, -0.2) is 38.8 Å². The number of nitrogens with one attached hydrogen (secondary N) is 1. The quantitative estimate of drug-likeness (QED) is 0.597. The number of halogens is 3. The van der Waals surface area contributed by atoms with E-state index < -0.39 is 15.9 Å². The summed E-state index contributed by atoms with van der Waals surface area (Å²) in [6.45, 7) is 2.20. The van der Waals surface area contributed by atoms with Crippen molar-refractivity contribution < 1.29 is 17.9 Å². The van der Waals surface area contributed by atoms with Gasteiger partial charge in [-0.3, -0.25) is 4.79 Å². The summed E-state index contributed by atoms with van der Waals surface area (Å²) in [4.78, 5) is 12.9. The van der Waals surface area contributed by atoms with Crippen molar-refractivity contribution in [3.05, 3.63) is 51.0 Å². The average molecular weight is 492 g/mol. The number of carbonyl (C=O) groups excluding carboxylic acids is 1. The van der Waals surface area contributed by atoms with Crippen molar-refractivity contribution in [1.29, 1.82) is 0 Å². The average Bonchev–Trinajstić information content (AvgIpc) is 2.72. The van der Waals surface area contributed by atoms with Crippen LogP contribution in [-0.2, 0) is 14.8 Å². The number of aryl methyl sites for hydroxylation is 1. The van der Waals surface area contributed by atoms with Gasteiger partial charge in [-0.2, -0.15) is 4.31 Å².